The third-order valence-electron chi connectivity index (χ3n) is 3.24. The van der Waals surface area contributed by atoms with Gasteiger partial charge in [0.2, 0.25) is 0 Å². The van der Waals surface area contributed by atoms with Gasteiger partial charge in [0.15, 0.2) is 0 Å². The van der Waals surface area contributed by atoms with Crippen LogP contribution in [0.25, 0.3) is 0 Å². The Kier molecular flexibility index (Phi) is 6.36. The third-order valence-corrected chi connectivity index (χ3v) is 3.24. The second-order valence-electron chi connectivity index (χ2n) is 4.60. The van der Waals surface area contributed by atoms with Crippen LogP contribution in [0.15, 0.2) is 18.2 Å². The summed E-state index contributed by atoms with van der Waals surface area (Å²) in [6.45, 7) is 7.01. The summed E-state index contributed by atoms with van der Waals surface area (Å²) < 4.78 is 4.82. The first kappa shape index (κ1) is 15.5. The number of nitrogen functional groups attached to an aromatic ring is 1. The van der Waals surface area contributed by atoms with Crippen molar-refractivity contribution in [3.05, 3.63) is 29.3 Å². The fourth-order valence-electron chi connectivity index (χ4n) is 2.07. The van der Waals surface area contributed by atoms with E-state index in [0.29, 0.717) is 11.3 Å². The minimum Gasteiger partial charge on any atom is -0.465 e. The Morgan fingerprint density at radius 2 is 2.11 bits per heavy atom. The molecule has 1 aromatic rings. The molecule has 0 aromatic heterocycles. The molecule has 0 fully saturated rings. The molecule has 0 bridgehead atoms. The van der Waals surface area contributed by atoms with E-state index in [-0.39, 0.29) is 5.97 Å². The third kappa shape index (κ3) is 4.24. The van der Waals surface area contributed by atoms with Crippen molar-refractivity contribution in [1.82, 2.24) is 4.90 Å². The number of nitrogens with two attached hydrogens (primary N) is 1. The van der Waals surface area contributed by atoms with Crippen LogP contribution in [-0.2, 0) is 11.3 Å². The monoisotopic (exact) mass is 264 g/mol. The topological polar surface area (TPSA) is 55.6 Å². The zero-order valence-corrected chi connectivity index (χ0v) is 12.1. The first-order valence-corrected chi connectivity index (χ1v) is 6.82. The number of esters is 1. The van der Waals surface area contributed by atoms with E-state index < -0.39 is 0 Å². The van der Waals surface area contributed by atoms with Crippen molar-refractivity contribution in [2.24, 2.45) is 0 Å². The Balaban J connectivity index is 2.93. The quantitative estimate of drug-likeness (QED) is 0.607. The van der Waals surface area contributed by atoms with Crippen molar-refractivity contribution in [2.75, 3.05) is 25.9 Å². The van der Waals surface area contributed by atoms with E-state index >= 15 is 0 Å². The first-order chi connectivity index (χ1) is 9.13. The van der Waals surface area contributed by atoms with E-state index in [1.54, 1.807) is 6.07 Å². The Hall–Kier alpha value is -1.55. The Morgan fingerprint density at radius 1 is 1.37 bits per heavy atom. The van der Waals surface area contributed by atoms with E-state index in [9.17, 15) is 4.79 Å². The molecular formula is C15H24N2O2. The number of benzene rings is 1. The number of hydrogen-bond donors (Lipinski definition) is 1. The molecule has 1 rings (SSSR count). The van der Waals surface area contributed by atoms with Crippen LogP contribution in [0.4, 0.5) is 5.69 Å². The molecule has 0 amide bonds. The fourth-order valence-corrected chi connectivity index (χ4v) is 2.07. The number of anilines is 1. The molecule has 0 saturated carbocycles. The lowest BCUT2D eigenvalue weighted by atomic mass is 10.0. The average Bonchev–Trinajstić information content (AvgIpc) is 2.42. The summed E-state index contributed by atoms with van der Waals surface area (Å²) in [6.07, 6.45) is 2.32. The van der Waals surface area contributed by atoms with Crippen LogP contribution in [0.3, 0.4) is 0 Å². The number of rotatable bonds is 7. The van der Waals surface area contributed by atoms with Gasteiger partial charge >= 0.3 is 5.97 Å². The van der Waals surface area contributed by atoms with Gasteiger partial charge in [-0.25, -0.2) is 4.79 Å². The Labute approximate surface area is 115 Å². The number of hydrogen-bond acceptors (Lipinski definition) is 4. The highest BCUT2D eigenvalue weighted by Gasteiger charge is 2.16. The average molecular weight is 264 g/mol. The molecule has 0 saturated heterocycles. The smallest absolute Gasteiger partial charge is 0.340 e. The lowest BCUT2D eigenvalue weighted by Gasteiger charge is -2.21. The number of carbonyl (C=O) groups excluding carboxylic acids is 1. The molecule has 2 N–H and O–H groups in total. The SMILES string of the molecule is CCCCN(CC)Cc1cccc(N)c1C(=O)OC. The van der Waals surface area contributed by atoms with E-state index in [0.717, 1.165) is 38.0 Å². The predicted molar refractivity (Wildman–Crippen MR) is 78.1 cm³/mol. The number of nitrogens with zero attached hydrogens (tertiary/aromatic N) is 1. The zero-order valence-electron chi connectivity index (χ0n) is 12.1. The molecule has 0 unspecified atom stereocenters. The van der Waals surface area contributed by atoms with Gasteiger partial charge in [0.05, 0.1) is 12.7 Å². The summed E-state index contributed by atoms with van der Waals surface area (Å²) in [4.78, 5) is 14.1. The molecular weight excluding hydrogens is 240 g/mol. The van der Waals surface area contributed by atoms with E-state index in [1.165, 1.54) is 7.11 Å². The molecule has 0 atom stereocenters. The van der Waals surface area contributed by atoms with Crippen molar-refractivity contribution in [2.45, 2.75) is 33.2 Å². The van der Waals surface area contributed by atoms with Gasteiger partial charge in [-0.3, -0.25) is 4.90 Å². The lowest BCUT2D eigenvalue weighted by molar-refractivity contribution is 0.0599. The van der Waals surface area contributed by atoms with Crippen LogP contribution in [0, 0.1) is 0 Å². The Bertz CT molecular complexity index is 419. The summed E-state index contributed by atoms with van der Waals surface area (Å²) >= 11 is 0. The van der Waals surface area contributed by atoms with Crippen molar-refractivity contribution in [3.8, 4) is 0 Å². The molecule has 19 heavy (non-hydrogen) atoms. The van der Waals surface area contributed by atoms with E-state index in [2.05, 4.69) is 18.7 Å². The van der Waals surface area contributed by atoms with Crippen LogP contribution in [0.1, 0.15) is 42.6 Å². The summed E-state index contributed by atoms with van der Waals surface area (Å²) in [5.74, 6) is -0.361. The summed E-state index contributed by atoms with van der Waals surface area (Å²) in [5, 5.41) is 0. The maximum atomic E-state index is 11.8. The highest BCUT2D eigenvalue weighted by molar-refractivity contribution is 5.96. The van der Waals surface area contributed by atoms with Crippen molar-refractivity contribution in [1.29, 1.82) is 0 Å². The second-order valence-corrected chi connectivity index (χ2v) is 4.60. The molecule has 106 valence electrons. The van der Waals surface area contributed by atoms with Crippen LogP contribution in [0.5, 0.6) is 0 Å². The van der Waals surface area contributed by atoms with E-state index in [4.69, 9.17) is 10.5 Å². The summed E-state index contributed by atoms with van der Waals surface area (Å²) in [5.41, 5.74) is 7.81. The van der Waals surface area contributed by atoms with E-state index in [1.807, 2.05) is 12.1 Å². The standard InChI is InChI=1S/C15H24N2O2/c1-4-6-10-17(5-2)11-12-8-7-9-13(16)14(12)15(18)19-3/h7-9H,4-6,10-11,16H2,1-3H3. The van der Waals surface area contributed by atoms with Gasteiger partial charge < -0.3 is 10.5 Å². The van der Waals surface area contributed by atoms with Gasteiger partial charge in [0.1, 0.15) is 0 Å². The zero-order chi connectivity index (χ0) is 14.3. The lowest BCUT2D eigenvalue weighted by Crippen LogP contribution is -2.25. The summed E-state index contributed by atoms with van der Waals surface area (Å²) in [6, 6.07) is 5.56. The Morgan fingerprint density at radius 3 is 2.68 bits per heavy atom. The molecule has 0 heterocycles. The largest absolute Gasteiger partial charge is 0.465 e. The first-order valence-electron chi connectivity index (χ1n) is 6.82. The number of unbranched alkanes of at least 4 members (excludes halogenated alkanes) is 1. The van der Waals surface area contributed by atoms with Gasteiger partial charge in [-0.2, -0.15) is 0 Å². The van der Waals surface area contributed by atoms with Crippen LogP contribution >= 0.6 is 0 Å². The van der Waals surface area contributed by atoms with Gasteiger partial charge in [-0.15, -0.1) is 0 Å². The maximum absolute atomic E-state index is 11.8. The second kappa shape index (κ2) is 7.79. The van der Waals surface area contributed by atoms with Gasteiger partial charge in [-0.05, 0) is 31.1 Å². The molecule has 0 spiro atoms. The molecule has 0 aliphatic carbocycles. The van der Waals surface area contributed by atoms with Gasteiger partial charge in [0.25, 0.3) is 0 Å². The van der Waals surface area contributed by atoms with Crippen molar-refractivity contribution < 1.29 is 9.53 Å². The van der Waals surface area contributed by atoms with Crippen molar-refractivity contribution in [3.63, 3.8) is 0 Å². The van der Waals surface area contributed by atoms with Crippen LogP contribution < -0.4 is 5.73 Å². The van der Waals surface area contributed by atoms with Crippen LogP contribution in [0.2, 0.25) is 0 Å². The maximum Gasteiger partial charge on any atom is 0.340 e. The number of methoxy groups -OCH3 is 1. The number of ether oxygens (including phenoxy) is 1. The van der Waals surface area contributed by atoms with Crippen molar-refractivity contribution >= 4 is 11.7 Å². The molecule has 0 radical (unpaired) electrons. The molecule has 0 aliphatic rings. The molecule has 1 aromatic carbocycles. The number of carbonyl (C=O) groups is 1. The normalized spacial score (nSPS) is 10.7. The molecule has 4 nitrogen and oxygen atoms in total. The minimum absolute atomic E-state index is 0.361. The predicted octanol–water partition coefficient (Wildman–Crippen LogP) is 2.68. The minimum atomic E-state index is -0.361. The highest BCUT2D eigenvalue weighted by Crippen LogP contribution is 2.20. The molecule has 4 heteroatoms. The van der Waals surface area contributed by atoms with Gasteiger partial charge in [-0.1, -0.05) is 32.4 Å². The fraction of sp³-hybridized carbons (Fsp3) is 0.533. The highest BCUT2D eigenvalue weighted by atomic mass is 16.5. The van der Waals surface area contributed by atoms with Gasteiger partial charge in [0, 0.05) is 12.2 Å². The molecule has 0 aliphatic heterocycles. The summed E-state index contributed by atoms with van der Waals surface area (Å²) in [7, 11) is 1.38. The van der Waals surface area contributed by atoms with Crippen LogP contribution in [-0.4, -0.2) is 31.1 Å².